The summed E-state index contributed by atoms with van der Waals surface area (Å²) < 4.78 is 0. The fraction of sp³-hybridized carbons (Fsp3) is 0.500. The summed E-state index contributed by atoms with van der Waals surface area (Å²) in [5.74, 6) is -0.246. The van der Waals surface area contributed by atoms with Crippen molar-refractivity contribution in [1.29, 1.82) is 0 Å². The number of nitrogens with two attached hydrogens (primary N) is 1. The van der Waals surface area contributed by atoms with Gasteiger partial charge in [0.1, 0.15) is 0 Å². The SMILES string of the molecule is CNC(=O)Cc1ccccc1NC(=O)C1CCCCC1N. The number of carbonyl (C=O) groups is 2. The molecule has 5 heteroatoms. The van der Waals surface area contributed by atoms with Crippen LogP contribution in [0, 0.1) is 5.92 Å². The van der Waals surface area contributed by atoms with Gasteiger partial charge in [-0.2, -0.15) is 0 Å². The minimum atomic E-state index is -0.133. The second-order valence-electron chi connectivity index (χ2n) is 5.55. The van der Waals surface area contributed by atoms with Crippen molar-refractivity contribution >= 4 is 17.5 Å². The first kappa shape index (κ1) is 15.5. The first-order valence-corrected chi connectivity index (χ1v) is 7.46. The summed E-state index contributed by atoms with van der Waals surface area (Å²) in [6.45, 7) is 0. The molecule has 2 unspecified atom stereocenters. The van der Waals surface area contributed by atoms with Crippen molar-refractivity contribution in [1.82, 2.24) is 5.32 Å². The Morgan fingerprint density at radius 3 is 2.67 bits per heavy atom. The van der Waals surface area contributed by atoms with Gasteiger partial charge < -0.3 is 16.4 Å². The van der Waals surface area contributed by atoms with Gasteiger partial charge in [-0.25, -0.2) is 0 Å². The van der Waals surface area contributed by atoms with Gasteiger partial charge in [-0.05, 0) is 24.5 Å². The van der Waals surface area contributed by atoms with Crippen LogP contribution in [0.3, 0.4) is 0 Å². The summed E-state index contributed by atoms with van der Waals surface area (Å²) in [4.78, 5) is 23.9. The second kappa shape index (κ2) is 7.22. The van der Waals surface area contributed by atoms with Crippen molar-refractivity contribution in [3.63, 3.8) is 0 Å². The molecular weight excluding hydrogens is 266 g/mol. The molecule has 1 aliphatic rings. The van der Waals surface area contributed by atoms with E-state index in [1.165, 1.54) is 0 Å². The number of para-hydroxylation sites is 1. The van der Waals surface area contributed by atoms with Gasteiger partial charge >= 0.3 is 0 Å². The lowest BCUT2D eigenvalue weighted by Gasteiger charge is -2.27. The Morgan fingerprint density at radius 2 is 1.95 bits per heavy atom. The fourth-order valence-electron chi connectivity index (χ4n) is 2.77. The highest BCUT2D eigenvalue weighted by Crippen LogP contribution is 2.25. The summed E-state index contributed by atoms with van der Waals surface area (Å²) in [5, 5.41) is 5.53. The Bertz CT molecular complexity index is 516. The zero-order valence-electron chi connectivity index (χ0n) is 12.4. The molecule has 1 saturated carbocycles. The van der Waals surface area contributed by atoms with Crippen molar-refractivity contribution in [2.24, 2.45) is 11.7 Å². The van der Waals surface area contributed by atoms with Crippen molar-refractivity contribution < 1.29 is 9.59 Å². The van der Waals surface area contributed by atoms with E-state index in [0.29, 0.717) is 5.69 Å². The lowest BCUT2D eigenvalue weighted by Crippen LogP contribution is -2.40. The average Bonchev–Trinajstić information content (AvgIpc) is 2.49. The molecule has 21 heavy (non-hydrogen) atoms. The van der Waals surface area contributed by atoms with Crippen molar-refractivity contribution in [3.05, 3.63) is 29.8 Å². The molecule has 2 atom stereocenters. The third-order valence-corrected chi connectivity index (χ3v) is 4.06. The molecule has 0 bridgehead atoms. The van der Waals surface area contributed by atoms with Crippen LogP contribution in [0.15, 0.2) is 24.3 Å². The summed E-state index contributed by atoms with van der Waals surface area (Å²) in [5.41, 5.74) is 7.56. The molecule has 0 spiro atoms. The Kier molecular flexibility index (Phi) is 5.33. The normalized spacial score (nSPS) is 21.6. The quantitative estimate of drug-likeness (QED) is 0.784. The minimum absolute atomic E-state index is 0.0356. The molecule has 1 aromatic carbocycles. The van der Waals surface area contributed by atoms with Crippen molar-refractivity contribution in [2.75, 3.05) is 12.4 Å². The molecule has 5 nitrogen and oxygen atoms in total. The van der Waals surface area contributed by atoms with E-state index < -0.39 is 0 Å². The first-order valence-electron chi connectivity index (χ1n) is 7.46. The standard InChI is InChI=1S/C16H23N3O2/c1-18-15(20)10-11-6-2-5-9-14(11)19-16(21)12-7-3-4-8-13(12)17/h2,5-6,9,12-13H,3-4,7-8,10,17H2,1H3,(H,18,20)(H,19,21). The molecule has 0 radical (unpaired) electrons. The lowest BCUT2D eigenvalue weighted by atomic mass is 9.84. The average molecular weight is 289 g/mol. The predicted molar refractivity (Wildman–Crippen MR) is 82.8 cm³/mol. The molecule has 0 aromatic heterocycles. The number of hydrogen-bond donors (Lipinski definition) is 3. The fourth-order valence-corrected chi connectivity index (χ4v) is 2.77. The second-order valence-corrected chi connectivity index (χ2v) is 5.55. The smallest absolute Gasteiger partial charge is 0.229 e. The van der Waals surface area contributed by atoms with Crippen LogP contribution in [0.4, 0.5) is 5.69 Å². The number of nitrogens with one attached hydrogen (secondary N) is 2. The Hall–Kier alpha value is -1.88. The van der Waals surface area contributed by atoms with Gasteiger partial charge in [0.2, 0.25) is 11.8 Å². The summed E-state index contributed by atoms with van der Waals surface area (Å²) in [6, 6.07) is 7.32. The van der Waals surface area contributed by atoms with Crippen LogP contribution in [0.2, 0.25) is 0 Å². The maximum Gasteiger partial charge on any atom is 0.229 e. The largest absolute Gasteiger partial charge is 0.359 e. The first-order chi connectivity index (χ1) is 10.1. The van der Waals surface area contributed by atoms with E-state index in [9.17, 15) is 9.59 Å². The predicted octanol–water partition coefficient (Wildman–Crippen LogP) is 1.43. The van der Waals surface area contributed by atoms with Crippen LogP contribution in [0.25, 0.3) is 0 Å². The number of hydrogen-bond acceptors (Lipinski definition) is 3. The van der Waals surface area contributed by atoms with Crippen molar-refractivity contribution in [2.45, 2.75) is 38.1 Å². The molecule has 4 N–H and O–H groups in total. The molecule has 114 valence electrons. The van der Waals surface area contributed by atoms with Gasteiger partial charge in [0, 0.05) is 18.8 Å². The minimum Gasteiger partial charge on any atom is -0.359 e. The van der Waals surface area contributed by atoms with Crippen LogP contribution in [-0.2, 0) is 16.0 Å². The summed E-state index contributed by atoms with van der Waals surface area (Å²) in [6.07, 6.45) is 4.14. The number of amides is 2. The maximum atomic E-state index is 12.4. The molecule has 1 aliphatic carbocycles. The van der Waals surface area contributed by atoms with E-state index in [2.05, 4.69) is 10.6 Å². The monoisotopic (exact) mass is 289 g/mol. The van der Waals surface area contributed by atoms with Crippen LogP contribution < -0.4 is 16.4 Å². The van der Waals surface area contributed by atoms with Crippen molar-refractivity contribution in [3.8, 4) is 0 Å². The van der Waals surface area contributed by atoms with E-state index in [4.69, 9.17) is 5.73 Å². The molecule has 1 fully saturated rings. The molecule has 0 saturated heterocycles. The highest BCUT2D eigenvalue weighted by molar-refractivity contribution is 5.94. The van der Waals surface area contributed by atoms with Gasteiger partial charge in [-0.15, -0.1) is 0 Å². The highest BCUT2D eigenvalue weighted by atomic mass is 16.2. The highest BCUT2D eigenvalue weighted by Gasteiger charge is 2.28. The van der Waals surface area contributed by atoms with Crippen LogP contribution >= 0.6 is 0 Å². The Labute approximate surface area is 125 Å². The summed E-state index contributed by atoms with van der Waals surface area (Å²) in [7, 11) is 1.60. The zero-order valence-corrected chi connectivity index (χ0v) is 12.4. The molecule has 0 aliphatic heterocycles. The lowest BCUT2D eigenvalue weighted by molar-refractivity contribution is -0.121. The van der Waals surface area contributed by atoms with Gasteiger partial charge in [-0.1, -0.05) is 31.0 Å². The van der Waals surface area contributed by atoms with E-state index in [1.54, 1.807) is 7.05 Å². The van der Waals surface area contributed by atoms with E-state index in [1.807, 2.05) is 24.3 Å². The number of benzene rings is 1. The Balaban J connectivity index is 2.08. The van der Waals surface area contributed by atoms with Gasteiger partial charge in [-0.3, -0.25) is 9.59 Å². The van der Waals surface area contributed by atoms with Gasteiger partial charge in [0.15, 0.2) is 0 Å². The molecule has 1 aromatic rings. The summed E-state index contributed by atoms with van der Waals surface area (Å²) >= 11 is 0. The molecule has 2 amide bonds. The molecular formula is C16H23N3O2. The van der Waals surface area contributed by atoms with Crippen LogP contribution in [0.5, 0.6) is 0 Å². The third-order valence-electron chi connectivity index (χ3n) is 4.06. The van der Waals surface area contributed by atoms with E-state index in [-0.39, 0.29) is 30.2 Å². The number of carbonyl (C=O) groups excluding carboxylic acids is 2. The zero-order chi connectivity index (χ0) is 15.2. The third kappa shape index (κ3) is 4.04. The van der Waals surface area contributed by atoms with E-state index >= 15 is 0 Å². The van der Waals surface area contributed by atoms with E-state index in [0.717, 1.165) is 31.2 Å². The van der Waals surface area contributed by atoms with Gasteiger partial charge in [0.05, 0.1) is 12.3 Å². The number of likely N-dealkylation sites (N-methyl/N-ethyl adjacent to an activating group) is 1. The Morgan fingerprint density at radius 1 is 1.24 bits per heavy atom. The number of anilines is 1. The maximum absolute atomic E-state index is 12.4. The molecule has 0 heterocycles. The van der Waals surface area contributed by atoms with Crippen LogP contribution in [0.1, 0.15) is 31.2 Å². The van der Waals surface area contributed by atoms with Gasteiger partial charge in [0.25, 0.3) is 0 Å². The number of rotatable bonds is 4. The molecule has 2 rings (SSSR count). The topological polar surface area (TPSA) is 84.2 Å². The van der Waals surface area contributed by atoms with Crippen LogP contribution in [-0.4, -0.2) is 24.9 Å².